The van der Waals surface area contributed by atoms with Gasteiger partial charge >= 0.3 is 11.9 Å². The molecule has 0 radical (unpaired) electrons. The van der Waals surface area contributed by atoms with Crippen molar-refractivity contribution in [3.8, 4) is 0 Å². The first-order valence-electron chi connectivity index (χ1n) is 7.15. The zero-order valence-electron chi connectivity index (χ0n) is 12.9. The molecule has 120 valence electrons. The van der Waals surface area contributed by atoms with Crippen LogP contribution in [0.2, 0.25) is 0 Å². The summed E-state index contributed by atoms with van der Waals surface area (Å²) in [6.07, 6.45) is 2.99. The van der Waals surface area contributed by atoms with Gasteiger partial charge in [0, 0.05) is 0 Å². The van der Waals surface area contributed by atoms with Crippen LogP contribution in [0.3, 0.4) is 0 Å². The summed E-state index contributed by atoms with van der Waals surface area (Å²) in [5.74, 6) is -2.64. The van der Waals surface area contributed by atoms with Crippen LogP contribution < -0.4 is 0 Å². The molecule has 24 heavy (non-hydrogen) atoms. The van der Waals surface area contributed by atoms with Crippen molar-refractivity contribution >= 4 is 35.2 Å². The maximum Gasteiger partial charge on any atom is 0.337 e. The lowest BCUT2D eigenvalue weighted by Gasteiger charge is -2.14. The maximum atomic E-state index is 11.9. The molecule has 0 fully saturated rings. The van der Waals surface area contributed by atoms with E-state index >= 15 is 0 Å². The first kappa shape index (κ1) is 17.0. The van der Waals surface area contributed by atoms with Crippen molar-refractivity contribution in [3.05, 3.63) is 83.9 Å². The predicted molar refractivity (Wildman–Crippen MR) is 95.2 cm³/mol. The first-order chi connectivity index (χ1) is 11.5. The van der Waals surface area contributed by atoms with E-state index in [0.29, 0.717) is 22.3 Å². The summed E-state index contributed by atoms with van der Waals surface area (Å²) in [5, 5.41) is 19.4. The fourth-order valence-electron chi connectivity index (χ4n) is 2.52. The summed E-state index contributed by atoms with van der Waals surface area (Å²) >= 11 is 0. The van der Waals surface area contributed by atoms with Crippen molar-refractivity contribution in [1.29, 1.82) is 0 Å². The van der Waals surface area contributed by atoms with Crippen molar-refractivity contribution in [1.82, 2.24) is 0 Å². The molecule has 0 spiro atoms. The van der Waals surface area contributed by atoms with Gasteiger partial charge in [-0.1, -0.05) is 73.8 Å². The molecule has 0 aliphatic rings. The lowest BCUT2D eigenvalue weighted by Crippen LogP contribution is -2.11. The average Bonchev–Trinajstić information content (AvgIpc) is 2.59. The summed E-state index contributed by atoms with van der Waals surface area (Å²) in [5.41, 5.74) is 1.13. The van der Waals surface area contributed by atoms with Crippen LogP contribution in [0.15, 0.2) is 61.7 Å². The SMILES string of the molecule is C=Cc1ccccc1C(C(=O)O)=C(C(=O)O)c1ccccc1C=C. The third-order valence-corrected chi connectivity index (χ3v) is 3.58. The molecular weight excluding hydrogens is 304 g/mol. The Balaban J connectivity index is 2.94. The molecule has 0 bridgehead atoms. The Hall–Kier alpha value is -3.40. The second kappa shape index (κ2) is 7.24. The fourth-order valence-corrected chi connectivity index (χ4v) is 2.52. The summed E-state index contributed by atoms with van der Waals surface area (Å²) in [7, 11) is 0. The van der Waals surface area contributed by atoms with E-state index in [0.717, 1.165) is 0 Å². The average molecular weight is 320 g/mol. The highest BCUT2D eigenvalue weighted by Crippen LogP contribution is 2.31. The van der Waals surface area contributed by atoms with E-state index in [1.165, 1.54) is 12.2 Å². The molecule has 0 atom stereocenters. The second-order valence-corrected chi connectivity index (χ2v) is 4.94. The fraction of sp³-hybridized carbons (Fsp3) is 0. The molecule has 0 aliphatic heterocycles. The summed E-state index contributed by atoms with van der Waals surface area (Å²) < 4.78 is 0. The van der Waals surface area contributed by atoms with Crippen LogP contribution in [0.1, 0.15) is 22.3 Å². The number of rotatable bonds is 6. The zero-order valence-corrected chi connectivity index (χ0v) is 12.9. The number of hydrogen-bond acceptors (Lipinski definition) is 2. The van der Waals surface area contributed by atoms with Gasteiger partial charge in [0.05, 0.1) is 11.1 Å². The van der Waals surface area contributed by atoms with Gasteiger partial charge in [0.1, 0.15) is 0 Å². The smallest absolute Gasteiger partial charge is 0.337 e. The van der Waals surface area contributed by atoms with E-state index in [-0.39, 0.29) is 11.1 Å². The minimum Gasteiger partial charge on any atom is -0.478 e. The molecule has 4 nitrogen and oxygen atoms in total. The van der Waals surface area contributed by atoms with Gasteiger partial charge in [-0.05, 0) is 22.3 Å². The predicted octanol–water partition coefficient (Wildman–Crippen LogP) is 4.05. The highest BCUT2D eigenvalue weighted by atomic mass is 16.4. The summed E-state index contributed by atoms with van der Waals surface area (Å²) in [6, 6.07) is 13.3. The Morgan fingerprint density at radius 1 is 0.708 bits per heavy atom. The molecular formula is C20H16O4. The molecule has 0 saturated carbocycles. The van der Waals surface area contributed by atoms with Gasteiger partial charge in [0.2, 0.25) is 0 Å². The van der Waals surface area contributed by atoms with Crippen LogP contribution in [0, 0.1) is 0 Å². The van der Waals surface area contributed by atoms with E-state index in [4.69, 9.17) is 0 Å². The Kier molecular flexibility index (Phi) is 5.12. The van der Waals surface area contributed by atoms with E-state index in [1.807, 2.05) is 0 Å². The number of carbonyl (C=O) groups is 2. The summed E-state index contributed by atoms with van der Waals surface area (Å²) in [6.45, 7) is 7.33. The Bertz CT molecular complexity index is 788. The van der Waals surface area contributed by atoms with Crippen LogP contribution >= 0.6 is 0 Å². The molecule has 2 N–H and O–H groups in total. The lowest BCUT2D eigenvalue weighted by atomic mass is 9.89. The van der Waals surface area contributed by atoms with Gasteiger partial charge in [0.15, 0.2) is 0 Å². The van der Waals surface area contributed by atoms with E-state index in [2.05, 4.69) is 13.2 Å². The second-order valence-electron chi connectivity index (χ2n) is 4.94. The molecule has 0 aromatic heterocycles. The van der Waals surface area contributed by atoms with Crippen LogP contribution in [0.25, 0.3) is 23.3 Å². The van der Waals surface area contributed by atoms with Gasteiger partial charge in [-0.2, -0.15) is 0 Å². The third kappa shape index (κ3) is 3.17. The van der Waals surface area contributed by atoms with Crippen LogP contribution in [0.5, 0.6) is 0 Å². The van der Waals surface area contributed by atoms with Crippen molar-refractivity contribution in [2.75, 3.05) is 0 Å². The Morgan fingerprint density at radius 3 is 1.33 bits per heavy atom. The van der Waals surface area contributed by atoms with Gasteiger partial charge in [-0.25, -0.2) is 9.59 Å². The van der Waals surface area contributed by atoms with Crippen molar-refractivity contribution < 1.29 is 19.8 Å². The third-order valence-electron chi connectivity index (χ3n) is 3.58. The van der Waals surface area contributed by atoms with Crippen LogP contribution in [-0.2, 0) is 9.59 Å². The van der Waals surface area contributed by atoms with Crippen molar-refractivity contribution in [3.63, 3.8) is 0 Å². The zero-order chi connectivity index (χ0) is 17.7. The van der Waals surface area contributed by atoms with Gasteiger partial charge < -0.3 is 10.2 Å². The van der Waals surface area contributed by atoms with E-state index in [1.54, 1.807) is 48.5 Å². The van der Waals surface area contributed by atoms with E-state index in [9.17, 15) is 19.8 Å². The quantitative estimate of drug-likeness (QED) is 0.622. The van der Waals surface area contributed by atoms with Gasteiger partial charge in [-0.15, -0.1) is 0 Å². The molecule has 0 unspecified atom stereocenters. The Morgan fingerprint density at radius 2 is 1.04 bits per heavy atom. The molecule has 2 rings (SSSR count). The normalized spacial score (nSPS) is 11.3. The largest absolute Gasteiger partial charge is 0.478 e. The highest BCUT2D eigenvalue weighted by Gasteiger charge is 2.25. The van der Waals surface area contributed by atoms with Gasteiger partial charge in [-0.3, -0.25) is 0 Å². The molecule has 0 heterocycles. The molecule has 2 aromatic carbocycles. The van der Waals surface area contributed by atoms with Crippen molar-refractivity contribution in [2.45, 2.75) is 0 Å². The molecule has 0 amide bonds. The van der Waals surface area contributed by atoms with E-state index < -0.39 is 11.9 Å². The van der Waals surface area contributed by atoms with Gasteiger partial charge in [0.25, 0.3) is 0 Å². The monoisotopic (exact) mass is 320 g/mol. The minimum absolute atomic E-state index is 0.285. The standard InChI is InChI=1S/C20H16O4/c1-3-13-9-5-7-11-15(13)17(19(21)22)18(20(23)24)16-12-8-6-10-14(16)4-2/h3-12H,1-2H2,(H,21,22)(H,23,24). The minimum atomic E-state index is -1.32. The molecule has 0 saturated heterocycles. The topological polar surface area (TPSA) is 74.6 Å². The number of carboxylic acid groups (broad SMARTS) is 2. The number of aliphatic carboxylic acids is 2. The lowest BCUT2D eigenvalue weighted by molar-refractivity contribution is -0.132. The number of carboxylic acids is 2. The first-order valence-corrected chi connectivity index (χ1v) is 7.15. The van der Waals surface area contributed by atoms with Crippen molar-refractivity contribution in [2.24, 2.45) is 0 Å². The molecule has 0 aliphatic carbocycles. The van der Waals surface area contributed by atoms with Crippen LogP contribution in [-0.4, -0.2) is 22.2 Å². The number of benzene rings is 2. The maximum absolute atomic E-state index is 11.9. The molecule has 2 aromatic rings. The Labute approximate surface area is 139 Å². The number of hydrogen-bond donors (Lipinski definition) is 2. The summed E-state index contributed by atoms with van der Waals surface area (Å²) in [4.78, 5) is 23.8. The highest BCUT2D eigenvalue weighted by molar-refractivity contribution is 6.37. The van der Waals surface area contributed by atoms with Crippen LogP contribution in [0.4, 0.5) is 0 Å². The molecule has 4 heteroatoms.